The normalized spacial score (nSPS) is 23.6. The molecule has 0 bridgehead atoms. The lowest BCUT2D eigenvalue weighted by Gasteiger charge is -2.27. The minimum Gasteiger partial charge on any atom is -0.357 e. The Labute approximate surface area is 105 Å². The van der Waals surface area contributed by atoms with Crippen molar-refractivity contribution >= 4 is 11.6 Å². The van der Waals surface area contributed by atoms with Gasteiger partial charge in [0.15, 0.2) is 5.76 Å². The highest BCUT2D eigenvalue weighted by Crippen LogP contribution is 2.51. The maximum atomic E-state index is 5.84. The first-order chi connectivity index (χ1) is 8.82. The van der Waals surface area contributed by atoms with E-state index in [0.717, 1.165) is 24.2 Å². The summed E-state index contributed by atoms with van der Waals surface area (Å²) in [5.74, 6) is 3.87. The van der Waals surface area contributed by atoms with Gasteiger partial charge in [-0.1, -0.05) is 35.3 Å². The molecule has 2 nitrogen and oxygen atoms in total. The molecule has 0 radical (unpaired) electrons. The molecular weight excluding hydrogens is 222 g/mol. The number of nitrogens with zero attached hydrogens (tertiary/aromatic N) is 1. The summed E-state index contributed by atoms with van der Waals surface area (Å²) >= 11 is 0. The van der Waals surface area contributed by atoms with Crippen LogP contribution in [0.3, 0.4) is 0 Å². The molecule has 18 heavy (non-hydrogen) atoms. The molecule has 0 saturated heterocycles. The molecule has 1 atom stereocenters. The number of allylic oxidation sites excluding steroid dienone is 1. The van der Waals surface area contributed by atoms with Crippen molar-refractivity contribution in [2.24, 2.45) is 5.41 Å². The van der Waals surface area contributed by atoms with Crippen LogP contribution in [0.25, 0.3) is 11.6 Å². The van der Waals surface area contributed by atoms with Gasteiger partial charge in [-0.25, -0.2) is 0 Å². The van der Waals surface area contributed by atoms with E-state index in [4.69, 9.17) is 10.9 Å². The SMILES string of the molecule is C#CC12Cc3ccccc3C1=Cc1oncc1C2. The standard InChI is InChI=1S/C16H11NO/c1-2-16-8-11-5-3-4-6-13(11)14(16)7-15-12(9-16)10-17-18-15/h1,3-7,10H,8-9H2. The monoisotopic (exact) mass is 233 g/mol. The van der Waals surface area contributed by atoms with Crippen LogP contribution in [0.5, 0.6) is 0 Å². The van der Waals surface area contributed by atoms with Crippen molar-refractivity contribution < 1.29 is 4.52 Å². The van der Waals surface area contributed by atoms with Crippen LogP contribution in [0.2, 0.25) is 0 Å². The number of benzene rings is 1. The zero-order chi connectivity index (χ0) is 12.2. The van der Waals surface area contributed by atoms with Gasteiger partial charge < -0.3 is 4.52 Å². The second-order valence-corrected chi connectivity index (χ2v) is 5.01. The Balaban J connectivity index is 2.01. The first kappa shape index (κ1) is 9.73. The summed E-state index contributed by atoms with van der Waals surface area (Å²) in [5.41, 5.74) is 4.72. The van der Waals surface area contributed by atoms with Gasteiger partial charge in [0.05, 0.1) is 11.6 Å². The van der Waals surface area contributed by atoms with E-state index in [1.807, 2.05) is 0 Å². The highest BCUT2D eigenvalue weighted by atomic mass is 16.5. The lowest BCUT2D eigenvalue weighted by atomic mass is 9.73. The Morgan fingerprint density at radius 1 is 1.22 bits per heavy atom. The molecule has 1 aromatic carbocycles. The van der Waals surface area contributed by atoms with Crippen LogP contribution >= 0.6 is 0 Å². The average molecular weight is 233 g/mol. The van der Waals surface area contributed by atoms with Crippen LogP contribution in [-0.2, 0) is 12.8 Å². The molecule has 0 spiro atoms. The van der Waals surface area contributed by atoms with E-state index in [1.54, 1.807) is 6.20 Å². The molecule has 0 amide bonds. The number of rotatable bonds is 0. The van der Waals surface area contributed by atoms with Crippen molar-refractivity contribution in [1.29, 1.82) is 0 Å². The van der Waals surface area contributed by atoms with Gasteiger partial charge in [0, 0.05) is 5.56 Å². The van der Waals surface area contributed by atoms with Crippen LogP contribution < -0.4 is 0 Å². The van der Waals surface area contributed by atoms with Crippen LogP contribution in [0.1, 0.15) is 22.5 Å². The van der Waals surface area contributed by atoms with Gasteiger partial charge in [0.2, 0.25) is 0 Å². The third-order valence-corrected chi connectivity index (χ3v) is 4.04. The number of fused-ring (bicyclic) bond motifs is 4. The summed E-state index contributed by atoms with van der Waals surface area (Å²) in [4.78, 5) is 0. The number of hydrogen-bond donors (Lipinski definition) is 0. The van der Waals surface area contributed by atoms with Gasteiger partial charge in [-0.15, -0.1) is 6.42 Å². The fourth-order valence-corrected chi connectivity index (χ4v) is 3.15. The van der Waals surface area contributed by atoms with E-state index in [1.165, 1.54) is 16.7 Å². The predicted octanol–water partition coefficient (Wildman–Crippen LogP) is 2.95. The second kappa shape index (κ2) is 3.14. The Bertz CT molecular complexity index is 717. The fraction of sp³-hybridized carbons (Fsp3) is 0.188. The zero-order valence-corrected chi connectivity index (χ0v) is 9.81. The van der Waals surface area contributed by atoms with Crippen LogP contribution in [-0.4, -0.2) is 5.16 Å². The van der Waals surface area contributed by atoms with Crippen molar-refractivity contribution in [3.8, 4) is 12.3 Å². The maximum absolute atomic E-state index is 5.84. The molecular formula is C16H11NO. The lowest BCUT2D eigenvalue weighted by Crippen LogP contribution is -2.23. The summed E-state index contributed by atoms with van der Waals surface area (Å²) in [7, 11) is 0. The van der Waals surface area contributed by atoms with Crippen molar-refractivity contribution in [1.82, 2.24) is 5.16 Å². The molecule has 86 valence electrons. The molecule has 4 rings (SSSR count). The Hall–Kier alpha value is -2.27. The number of terminal acetylenes is 1. The summed E-state index contributed by atoms with van der Waals surface area (Å²) in [6.07, 6.45) is 11.4. The van der Waals surface area contributed by atoms with E-state index in [0.29, 0.717) is 0 Å². The third kappa shape index (κ3) is 1.06. The van der Waals surface area contributed by atoms with Crippen molar-refractivity contribution in [2.75, 3.05) is 0 Å². The third-order valence-electron chi connectivity index (χ3n) is 4.04. The van der Waals surface area contributed by atoms with Crippen LogP contribution in [0.4, 0.5) is 0 Å². The van der Waals surface area contributed by atoms with E-state index in [2.05, 4.69) is 41.4 Å². The quantitative estimate of drug-likeness (QED) is 0.654. The smallest absolute Gasteiger partial charge is 0.163 e. The average Bonchev–Trinajstić information content (AvgIpc) is 2.97. The highest BCUT2D eigenvalue weighted by Gasteiger charge is 2.43. The zero-order valence-electron chi connectivity index (χ0n) is 9.81. The van der Waals surface area contributed by atoms with Crippen molar-refractivity contribution in [2.45, 2.75) is 12.8 Å². The van der Waals surface area contributed by atoms with Crippen LogP contribution in [0.15, 0.2) is 35.0 Å². The Morgan fingerprint density at radius 2 is 2.06 bits per heavy atom. The fourth-order valence-electron chi connectivity index (χ4n) is 3.15. The lowest BCUT2D eigenvalue weighted by molar-refractivity contribution is 0.408. The van der Waals surface area contributed by atoms with E-state index >= 15 is 0 Å². The van der Waals surface area contributed by atoms with Crippen molar-refractivity contribution in [3.05, 3.63) is 52.9 Å². The van der Waals surface area contributed by atoms with Crippen molar-refractivity contribution in [3.63, 3.8) is 0 Å². The molecule has 0 fully saturated rings. The van der Waals surface area contributed by atoms with Gasteiger partial charge in [-0.3, -0.25) is 0 Å². The molecule has 0 aliphatic heterocycles. The topological polar surface area (TPSA) is 26.0 Å². The number of aromatic nitrogens is 1. The predicted molar refractivity (Wildman–Crippen MR) is 69.5 cm³/mol. The first-order valence-electron chi connectivity index (χ1n) is 6.04. The second-order valence-electron chi connectivity index (χ2n) is 5.01. The van der Waals surface area contributed by atoms with E-state index in [-0.39, 0.29) is 5.41 Å². The summed E-state index contributed by atoms with van der Waals surface area (Å²) in [5, 5.41) is 3.86. The molecule has 2 aliphatic carbocycles. The molecule has 1 aromatic heterocycles. The Kier molecular flexibility index (Phi) is 1.70. The molecule has 1 unspecified atom stereocenters. The summed E-state index contributed by atoms with van der Waals surface area (Å²) in [6.45, 7) is 0. The molecule has 2 aromatic rings. The summed E-state index contributed by atoms with van der Waals surface area (Å²) < 4.78 is 5.27. The molecule has 2 aliphatic rings. The Morgan fingerprint density at radius 3 is 2.94 bits per heavy atom. The maximum Gasteiger partial charge on any atom is 0.163 e. The minimum absolute atomic E-state index is 0.206. The van der Waals surface area contributed by atoms with Gasteiger partial charge >= 0.3 is 0 Å². The van der Waals surface area contributed by atoms with Gasteiger partial charge in [0.1, 0.15) is 0 Å². The van der Waals surface area contributed by atoms with Crippen LogP contribution in [0, 0.1) is 17.8 Å². The molecule has 1 heterocycles. The molecule has 2 heteroatoms. The number of hydrogen-bond acceptors (Lipinski definition) is 2. The van der Waals surface area contributed by atoms with E-state index in [9.17, 15) is 0 Å². The van der Waals surface area contributed by atoms with Gasteiger partial charge in [-0.2, -0.15) is 0 Å². The minimum atomic E-state index is -0.206. The first-order valence-corrected chi connectivity index (χ1v) is 6.04. The van der Waals surface area contributed by atoms with Gasteiger partial charge in [0.25, 0.3) is 0 Å². The summed E-state index contributed by atoms with van der Waals surface area (Å²) in [6, 6.07) is 8.43. The molecule has 0 saturated carbocycles. The highest BCUT2D eigenvalue weighted by molar-refractivity contribution is 5.92. The molecule has 0 N–H and O–H groups in total. The van der Waals surface area contributed by atoms with E-state index < -0.39 is 0 Å². The largest absolute Gasteiger partial charge is 0.357 e. The van der Waals surface area contributed by atoms with Gasteiger partial charge in [-0.05, 0) is 35.6 Å².